The number of rotatable bonds is 4. The van der Waals surface area contributed by atoms with Crippen LogP contribution in [0, 0.1) is 13.8 Å². The number of pyridine rings is 2. The molecule has 4 rings (SSSR count). The van der Waals surface area contributed by atoms with Gasteiger partial charge in [0.1, 0.15) is 11.5 Å². The van der Waals surface area contributed by atoms with E-state index in [1.807, 2.05) is 42.3 Å². The maximum atomic E-state index is 13.1. The van der Waals surface area contributed by atoms with Crippen molar-refractivity contribution in [1.82, 2.24) is 24.4 Å². The van der Waals surface area contributed by atoms with Gasteiger partial charge in [-0.3, -0.25) is 9.78 Å². The Bertz CT molecular complexity index is 950. The maximum Gasteiger partial charge on any atom is 0.273 e. The predicted octanol–water partition coefficient (Wildman–Crippen LogP) is 3.32. The van der Waals surface area contributed by atoms with Crippen LogP contribution in [0.2, 0.25) is 0 Å². The van der Waals surface area contributed by atoms with Crippen molar-refractivity contribution >= 4 is 5.91 Å². The summed E-state index contributed by atoms with van der Waals surface area (Å²) in [5.41, 5.74) is 3.62. The molecular formula is C21H23N5O. The summed E-state index contributed by atoms with van der Waals surface area (Å²) in [5.74, 6) is 0.931. The highest BCUT2D eigenvalue weighted by atomic mass is 16.2. The fourth-order valence-electron chi connectivity index (χ4n) is 3.71. The highest BCUT2D eigenvalue weighted by molar-refractivity contribution is 5.92. The SMILES string of the molecule is Cc1cccc(C(=O)N2CCCC2c2ncc(C)n2Cc2ccncc2)n1. The van der Waals surface area contributed by atoms with E-state index < -0.39 is 0 Å². The minimum Gasteiger partial charge on any atom is -0.327 e. The number of hydrogen-bond donors (Lipinski definition) is 0. The Labute approximate surface area is 158 Å². The lowest BCUT2D eigenvalue weighted by molar-refractivity contribution is 0.0721. The largest absolute Gasteiger partial charge is 0.327 e. The third kappa shape index (κ3) is 3.47. The van der Waals surface area contributed by atoms with Crippen LogP contribution in [0.1, 0.15) is 52.1 Å². The second-order valence-electron chi connectivity index (χ2n) is 7.02. The number of likely N-dealkylation sites (tertiary alicyclic amines) is 1. The fourth-order valence-corrected chi connectivity index (χ4v) is 3.71. The monoisotopic (exact) mass is 361 g/mol. The van der Waals surface area contributed by atoms with Gasteiger partial charge < -0.3 is 9.47 Å². The van der Waals surface area contributed by atoms with E-state index >= 15 is 0 Å². The molecule has 0 bridgehead atoms. The van der Waals surface area contributed by atoms with Crippen LogP contribution in [-0.4, -0.2) is 36.9 Å². The third-order valence-corrected chi connectivity index (χ3v) is 5.10. The number of amides is 1. The lowest BCUT2D eigenvalue weighted by Crippen LogP contribution is -2.32. The molecule has 1 aliphatic rings. The van der Waals surface area contributed by atoms with Crippen LogP contribution >= 0.6 is 0 Å². The van der Waals surface area contributed by atoms with Crippen LogP contribution in [0.25, 0.3) is 0 Å². The Hall–Kier alpha value is -3.02. The minimum absolute atomic E-state index is 0.0164. The molecule has 3 aromatic heterocycles. The average molecular weight is 361 g/mol. The summed E-state index contributed by atoms with van der Waals surface area (Å²) in [6, 6.07) is 9.59. The van der Waals surface area contributed by atoms with Crippen molar-refractivity contribution in [3.63, 3.8) is 0 Å². The van der Waals surface area contributed by atoms with Crippen LogP contribution in [0.3, 0.4) is 0 Å². The molecular weight excluding hydrogens is 338 g/mol. The van der Waals surface area contributed by atoms with Crippen LogP contribution < -0.4 is 0 Å². The fraction of sp³-hybridized carbons (Fsp3) is 0.333. The van der Waals surface area contributed by atoms with Crippen molar-refractivity contribution in [2.24, 2.45) is 0 Å². The van der Waals surface area contributed by atoms with E-state index in [1.54, 1.807) is 18.5 Å². The molecule has 1 aliphatic heterocycles. The molecule has 27 heavy (non-hydrogen) atoms. The number of hydrogen-bond acceptors (Lipinski definition) is 4. The summed E-state index contributed by atoms with van der Waals surface area (Å²) >= 11 is 0. The molecule has 0 radical (unpaired) electrons. The van der Waals surface area contributed by atoms with Crippen molar-refractivity contribution in [2.45, 2.75) is 39.3 Å². The number of imidazole rings is 1. The normalized spacial score (nSPS) is 16.7. The molecule has 3 aromatic rings. The van der Waals surface area contributed by atoms with Crippen molar-refractivity contribution in [2.75, 3.05) is 6.54 Å². The highest BCUT2D eigenvalue weighted by Gasteiger charge is 2.34. The third-order valence-electron chi connectivity index (χ3n) is 5.10. The van der Waals surface area contributed by atoms with E-state index in [0.29, 0.717) is 5.69 Å². The van der Waals surface area contributed by atoms with Gasteiger partial charge in [0, 0.05) is 43.1 Å². The molecule has 138 valence electrons. The van der Waals surface area contributed by atoms with E-state index in [2.05, 4.69) is 26.4 Å². The summed E-state index contributed by atoms with van der Waals surface area (Å²) in [4.78, 5) is 28.2. The van der Waals surface area contributed by atoms with Gasteiger partial charge in [-0.05, 0) is 56.5 Å². The van der Waals surface area contributed by atoms with Gasteiger partial charge in [0.05, 0.1) is 6.04 Å². The first kappa shape index (κ1) is 17.4. The number of carbonyl (C=O) groups excluding carboxylic acids is 1. The number of aromatic nitrogens is 4. The number of nitrogens with zero attached hydrogens (tertiary/aromatic N) is 5. The summed E-state index contributed by atoms with van der Waals surface area (Å²) in [7, 11) is 0. The highest BCUT2D eigenvalue weighted by Crippen LogP contribution is 2.33. The quantitative estimate of drug-likeness (QED) is 0.715. The predicted molar refractivity (Wildman–Crippen MR) is 102 cm³/mol. The Morgan fingerprint density at radius 2 is 2.00 bits per heavy atom. The maximum absolute atomic E-state index is 13.1. The summed E-state index contributed by atoms with van der Waals surface area (Å²) in [6.07, 6.45) is 7.39. The number of carbonyl (C=O) groups is 1. The molecule has 1 amide bonds. The molecule has 0 saturated carbocycles. The van der Waals surface area contributed by atoms with Gasteiger partial charge >= 0.3 is 0 Å². The van der Waals surface area contributed by atoms with Crippen LogP contribution in [0.5, 0.6) is 0 Å². The second kappa shape index (κ2) is 7.31. The average Bonchev–Trinajstić information content (AvgIpc) is 3.29. The molecule has 4 heterocycles. The molecule has 0 aliphatic carbocycles. The first-order chi connectivity index (χ1) is 13.1. The van der Waals surface area contributed by atoms with Gasteiger partial charge in [-0.25, -0.2) is 9.97 Å². The second-order valence-corrected chi connectivity index (χ2v) is 7.02. The lowest BCUT2D eigenvalue weighted by Gasteiger charge is -2.25. The molecule has 0 spiro atoms. The first-order valence-electron chi connectivity index (χ1n) is 9.29. The van der Waals surface area contributed by atoms with E-state index in [0.717, 1.165) is 43.1 Å². The molecule has 1 unspecified atom stereocenters. The summed E-state index contributed by atoms with van der Waals surface area (Å²) in [5, 5.41) is 0. The Kier molecular flexibility index (Phi) is 4.71. The number of aryl methyl sites for hydroxylation is 2. The zero-order valence-corrected chi connectivity index (χ0v) is 15.7. The molecule has 1 saturated heterocycles. The smallest absolute Gasteiger partial charge is 0.273 e. The molecule has 6 nitrogen and oxygen atoms in total. The van der Waals surface area contributed by atoms with Crippen LogP contribution in [0.15, 0.2) is 48.9 Å². The Morgan fingerprint density at radius 1 is 1.19 bits per heavy atom. The van der Waals surface area contributed by atoms with Crippen molar-refractivity contribution < 1.29 is 4.79 Å². The van der Waals surface area contributed by atoms with Crippen molar-refractivity contribution in [3.8, 4) is 0 Å². The first-order valence-corrected chi connectivity index (χ1v) is 9.29. The topological polar surface area (TPSA) is 63.9 Å². The van der Waals surface area contributed by atoms with Gasteiger partial charge in [0.2, 0.25) is 0 Å². The van der Waals surface area contributed by atoms with Gasteiger partial charge in [0.25, 0.3) is 5.91 Å². The zero-order valence-electron chi connectivity index (χ0n) is 15.7. The Morgan fingerprint density at radius 3 is 2.78 bits per heavy atom. The van der Waals surface area contributed by atoms with E-state index in [4.69, 9.17) is 0 Å². The summed E-state index contributed by atoms with van der Waals surface area (Å²) in [6.45, 7) is 5.43. The van der Waals surface area contributed by atoms with Gasteiger partial charge in [-0.15, -0.1) is 0 Å². The van der Waals surface area contributed by atoms with Crippen molar-refractivity contribution in [1.29, 1.82) is 0 Å². The van der Waals surface area contributed by atoms with Crippen LogP contribution in [-0.2, 0) is 6.54 Å². The molecule has 0 N–H and O–H groups in total. The standard InChI is InChI=1S/C21H23N5O/c1-15-5-3-6-18(24-15)21(27)25-12-4-7-19(25)20-23-13-16(2)26(20)14-17-8-10-22-11-9-17/h3,5-6,8-11,13,19H,4,7,12,14H2,1-2H3. The molecule has 0 aromatic carbocycles. The Balaban J connectivity index is 1.64. The molecule has 6 heteroatoms. The van der Waals surface area contributed by atoms with E-state index in [-0.39, 0.29) is 11.9 Å². The van der Waals surface area contributed by atoms with Crippen molar-refractivity contribution in [3.05, 3.63) is 77.4 Å². The minimum atomic E-state index is -0.0182. The summed E-state index contributed by atoms with van der Waals surface area (Å²) < 4.78 is 2.20. The van der Waals surface area contributed by atoms with Gasteiger partial charge in [-0.2, -0.15) is 0 Å². The van der Waals surface area contributed by atoms with Gasteiger partial charge in [-0.1, -0.05) is 6.07 Å². The van der Waals surface area contributed by atoms with Crippen LogP contribution in [0.4, 0.5) is 0 Å². The lowest BCUT2D eigenvalue weighted by atomic mass is 10.2. The zero-order chi connectivity index (χ0) is 18.8. The van der Waals surface area contributed by atoms with E-state index in [9.17, 15) is 4.79 Å². The molecule has 1 atom stereocenters. The van der Waals surface area contributed by atoms with Gasteiger partial charge in [0.15, 0.2) is 0 Å². The van der Waals surface area contributed by atoms with E-state index in [1.165, 1.54) is 5.56 Å². The molecule has 1 fully saturated rings.